The number of hydrogen-bond acceptors (Lipinski definition) is 2. The van der Waals surface area contributed by atoms with Gasteiger partial charge in [-0.2, -0.15) is 0 Å². The minimum Gasteiger partial charge on any atom is -0.310 e. The molecule has 2 rings (SSSR count). The summed E-state index contributed by atoms with van der Waals surface area (Å²) in [6, 6.07) is 5.22. The van der Waals surface area contributed by atoms with Crippen molar-refractivity contribution in [2.24, 2.45) is 0 Å². The SMILES string of the molecule is CCCN1CCC(NCc2cc(Cl)ccc2F)CC1. The lowest BCUT2D eigenvalue weighted by molar-refractivity contribution is 0.197. The number of nitrogens with zero attached hydrogens (tertiary/aromatic N) is 1. The van der Waals surface area contributed by atoms with Crippen molar-refractivity contribution >= 4 is 11.6 Å². The van der Waals surface area contributed by atoms with Gasteiger partial charge in [0, 0.05) is 23.2 Å². The predicted octanol–water partition coefficient (Wildman–Crippen LogP) is 3.44. The predicted molar refractivity (Wildman–Crippen MR) is 78.0 cm³/mol. The van der Waals surface area contributed by atoms with Crippen molar-refractivity contribution in [2.45, 2.75) is 38.8 Å². The van der Waals surface area contributed by atoms with E-state index in [2.05, 4.69) is 17.1 Å². The second kappa shape index (κ2) is 7.22. The van der Waals surface area contributed by atoms with E-state index >= 15 is 0 Å². The summed E-state index contributed by atoms with van der Waals surface area (Å²) in [5, 5.41) is 4.04. The molecule has 0 atom stereocenters. The van der Waals surface area contributed by atoms with Crippen LogP contribution in [0, 0.1) is 5.82 Å². The molecule has 1 aromatic rings. The molecule has 1 aliphatic rings. The van der Waals surface area contributed by atoms with Gasteiger partial charge in [0.2, 0.25) is 0 Å². The highest BCUT2D eigenvalue weighted by molar-refractivity contribution is 6.30. The Bertz CT molecular complexity index is 403. The molecule has 106 valence electrons. The molecule has 0 radical (unpaired) electrons. The highest BCUT2D eigenvalue weighted by Crippen LogP contribution is 2.16. The molecule has 0 aliphatic carbocycles. The van der Waals surface area contributed by atoms with Gasteiger partial charge in [-0.1, -0.05) is 18.5 Å². The van der Waals surface area contributed by atoms with Crippen molar-refractivity contribution in [1.29, 1.82) is 0 Å². The zero-order valence-electron chi connectivity index (χ0n) is 11.5. The van der Waals surface area contributed by atoms with Crippen molar-refractivity contribution in [1.82, 2.24) is 10.2 Å². The van der Waals surface area contributed by atoms with E-state index in [0.717, 1.165) is 25.9 Å². The van der Waals surface area contributed by atoms with Crippen molar-refractivity contribution in [3.05, 3.63) is 34.6 Å². The molecular formula is C15H22ClFN2. The molecule has 2 nitrogen and oxygen atoms in total. The van der Waals surface area contributed by atoms with Crippen LogP contribution in [0.25, 0.3) is 0 Å². The Labute approximate surface area is 119 Å². The van der Waals surface area contributed by atoms with E-state index in [1.54, 1.807) is 12.1 Å². The van der Waals surface area contributed by atoms with Gasteiger partial charge >= 0.3 is 0 Å². The molecule has 4 heteroatoms. The summed E-state index contributed by atoms with van der Waals surface area (Å²) in [7, 11) is 0. The number of hydrogen-bond donors (Lipinski definition) is 1. The van der Waals surface area contributed by atoms with E-state index in [9.17, 15) is 4.39 Å². The van der Waals surface area contributed by atoms with Gasteiger partial charge in [0.1, 0.15) is 5.82 Å². The average Bonchev–Trinajstić information content (AvgIpc) is 2.42. The molecule has 1 aromatic carbocycles. The first-order valence-corrected chi connectivity index (χ1v) is 7.46. The lowest BCUT2D eigenvalue weighted by Gasteiger charge is -2.32. The average molecular weight is 285 g/mol. The first-order chi connectivity index (χ1) is 9.19. The van der Waals surface area contributed by atoms with Gasteiger partial charge in [0.15, 0.2) is 0 Å². The molecule has 0 unspecified atom stereocenters. The fourth-order valence-corrected chi connectivity index (χ4v) is 2.80. The maximum atomic E-state index is 13.6. The molecule has 1 fully saturated rings. The molecule has 0 saturated carbocycles. The standard InChI is InChI=1S/C15H22ClFN2/c1-2-7-19-8-5-14(6-9-19)18-11-12-10-13(16)3-4-15(12)17/h3-4,10,14,18H,2,5-9,11H2,1H3. The summed E-state index contributed by atoms with van der Waals surface area (Å²) < 4.78 is 13.6. The van der Waals surface area contributed by atoms with E-state index < -0.39 is 0 Å². The Balaban J connectivity index is 1.79. The van der Waals surface area contributed by atoms with Gasteiger partial charge in [0.25, 0.3) is 0 Å². The number of halogens is 2. The molecule has 1 saturated heterocycles. The lowest BCUT2D eigenvalue weighted by Crippen LogP contribution is -2.42. The highest BCUT2D eigenvalue weighted by atomic mass is 35.5. The lowest BCUT2D eigenvalue weighted by atomic mass is 10.0. The third-order valence-corrected chi connectivity index (χ3v) is 3.95. The summed E-state index contributed by atoms with van der Waals surface area (Å²) in [5.41, 5.74) is 0.656. The van der Waals surface area contributed by atoms with Crippen LogP contribution in [-0.2, 0) is 6.54 Å². The van der Waals surface area contributed by atoms with Gasteiger partial charge in [0.05, 0.1) is 0 Å². The van der Waals surface area contributed by atoms with Gasteiger partial charge in [-0.25, -0.2) is 4.39 Å². The van der Waals surface area contributed by atoms with E-state index in [-0.39, 0.29) is 5.82 Å². The molecular weight excluding hydrogens is 263 g/mol. The Morgan fingerprint density at radius 1 is 1.37 bits per heavy atom. The molecule has 1 aliphatic heterocycles. The Morgan fingerprint density at radius 3 is 2.79 bits per heavy atom. The van der Waals surface area contributed by atoms with Gasteiger partial charge in [-0.05, 0) is 57.1 Å². The van der Waals surface area contributed by atoms with Crippen LogP contribution in [0.5, 0.6) is 0 Å². The minimum atomic E-state index is -0.180. The monoisotopic (exact) mass is 284 g/mol. The van der Waals surface area contributed by atoms with Crippen molar-refractivity contribution < 1.29 is 4.39 Å². The smallest absolute Gasteiger partial charge is 0.127 e. The zero-order chi connectivity index (χ0) is 13.7. The fraction of sp³-hybridized carbons (Fsp3) is 0.600. The Hall–Kier alpha value is -0.640. The van der Waals surface area contributed by atoms with E-state index in [1.807, 2.05) is 0 Å². The largest absolute Gasteiger partial charge is 0.310 e. The van der Waals surface area contributed by atoms with Crippen molar-refractivity contribution in [2.75, 3.05) is 19.6 Å². The third kappa shape index (κ3) is 4.44. The van der Waals surface area contributed by atoms with Crippen LogP contribution < -0.4 is 5.32 Å². The molecule has 0 aromatic heterocycles. The number of nitrogens with one attached hydrogen (secondary N) is 1. The number of likely N-dealkylation sites (tertiary alicyclic amines) is 1. The summed E-state index contributed by atoms with van der Waals surface area (Å²) in [5.74, 6) is -0.180. The quantitative estimate of drug-likeness (QED) is 0.891. The molecule has 1 N–H and O–H groups in total. The third-order valence-electron chi connectivity index (χ3n) is 3.72. The first kappa shape index (κ1) is 14.8. The maximum Gasteiger partial charge on any atom is 0.127 e. The van der Waals surface area contributed by atoms with Crippen LogP contribution in [-0.4, -0.2) is 30.6 Å². The zero-order valence-corrected chi connectivity index (χ0v) is 12.2. The Morgan fingerprint density at radius 2 is 2.11 bits per heavy atom. The number of rotatable bonds is 5. The van der Waals surface area contributed by atoms with Gasteiger partial charge in [-0.15, -0.1) is 0 Å². The molecule has 1 heterocycles. The summed E-state index contributed by atoms with van der Waals surface area (Å²) in [6.45, 7) is 6.25. The topological polar surface area (TPSA) is 15.3 Å². The van der Waals surface area contributed by atoms with E-state index in [1.165, 1.54) is 19.0 Å². The molecule has 19 heavy (non-hydrogen) atoms. The summed E-state index contributed by atoms with van der Waals surface area (Å²) in [6.07, 6.45) is 3.50. The van der Waals surface area contributed by atoms with E-state index in [0.29, 0.717) is 23.2 Å². The highest BCUT2D eigenvalue weighted by Gasteiger charge is 2.18. The minimum absolute atomic E-state index is 0.180. The van der Waals surface area contributed by atoms with Crippen LogP contribution in [0.1, 0.15) is 31.7 Å². The Kier molecular flexibility index (Phi) is 5.61. The second-order valence-electron chi connectivity index (χ2n) is 5.23. The van der Waals surface area contributed by atoms with Crippen molar-refractivity contribution in [3.8, 4) is 0 Å². The molecule has 0 amide bonds. The van der Waals surface area contributed by atoms with Crippen LogP contribution in [0.4, 0.5) is 4.39 Å². The van der Waals surface area contributed by atoms with Gasteiger partial charge < -0.3 is 10.2 Å². The molecule has 0 bridgehead atoms. The second-order valence-corrected chi connectivity index (χ2v) is 5.67. The maximum absolute atomic E-state index is 13.6. The van der Waals surface area contributed by atoms with Crippen LogP contribution >= 0.6 is 11.6 Å². The number of benzene rings is 1. The summed E-state index contributed by atoms with van der Waals surface area (Å²) >= 11 is 5.89. The van der Waals surface area contributed by atoms with Crippen molar-refractivity contribution in [3.63, 3.8) is 0 Å². The van der Waals surface area contributed by atoms with Gasteiger partial charge in [-0.3, -0.25) is 0 Å². The van der Waals surface area contributed by atoms with Crippen LogP contribution in [0.3, 0.4) is 0 Å². The van der Waals surface area contributed by atoms with E-state index in [4.69, 9.17) is 11.6 Å². The van der Waals surface area contributed by atoms with Crippen LogP contribution in [0.15, 0.2) is 18.2 Å². The number of piperidine rings is 1. The van der Waals surface area contributed by atoms with Crippen LogP contribution in [0.2, 0.25) is 5.02 Å². The first-order valence-electron chi connectivity index (χ1n) is 7.08. The fourth-order valence-electron chi connectivity index (χ4n) is 2.61. The normalized spacial score (nSPS) is 17.8. The molecule has 0 spiro atoms. The summed E-state index contributed by atoms with van der Waals surface area (Å²) in [4.78, 5) is 2.50.